The van der Waals surface area contributed by atoms with E-state index in [1.54, 1.807) is 21.3 Å². The summed E-state index contributed by atoms with van der Waals surface area (Å²) < 4.78 is 10.4. The molecule has 1 aromatic carbocycles. The lowest BCUT2D eigenvalue weighted by molar-refractivity contribution is 0.172. The maximum absolute atomic E-state index is 6.27. The highest BCUT2D eigenvalue weighted by atomic mass is 127. The van der Waals surface area contributed by atoms with E-state index in [1.807, 2.05) is 18.2 Å². The van der Waals surface area contributed by atoms with E-state index in [0.29, 0.717) is 5.41 Å². The van der Waals surface area contributed by atoms with Crippen molar-refractivity contribution in [3.63, 3.8) is 0 Å². The second kappa shape index (κ2) is 11.1. The number of methoxy groups -OCH3 is 2. The average Bonchev–Trinajstić information content (AvgIpc) is 3.37. The van der Waals surface area contributed by atoms with Crippen LogP contribution in [0, 0.1) is 5.41 Å². The first-order valence-corrected chi connectivity index (χ1v) is 8.76. The number of aliphatic imine (C=N–C) groups is 1. The van der Waals surface area contributed by atoms with Crippen molar-refractivity contribution in [1.29, 1.82) is 0 Å². The average molecular weight is 482 g/mol. The molecular formula is C18H29ClIN3O2. The largest absolute Gasteiger partial charge is 0.497 e. The molecule has 0 aromatic heterocycles. The van der Waals surface area contributed by atoms with E-state index >= 15 is 0 Å². The number of rotatable bonds is 9. The molecule has 1 saturated carbocycles. The van der Waals surface area contributed by atoms with E-state index in [4.69, 9.17) is 21.1 Å². The van der Waals surface area contributed by atoms with Crippen molar-refractivity contribution in [1.82, 2.24) is 10.6 Å². The lowest BCUT2D eigenvalue weighted by Crippen LogP contribution is -2.41. The number of nitrogens with one attached hydrogen (secondary N) is 2. The fraction of sp³-hybridized carbons (Fsp3) is 0.611. The molecule has 1 aromatic rings. The van der Waals surface area contributed by atoms with Gasteiger partial charge >= 0.3 is 0 Å². The molecule has 25 heavy (non-hydrogen) atoms. The first-order valence-electron chi connectivity index (χ1n) is 8.38. The lowest BCUT2D eigenvalue weighted by Gasteiger charge is -2.18. The van der Waals surface area contributed by atoms with Crippen LogP contribution in [-0.2, 0) is 11.2 Å². The predicted molar refractivity (Wildman–Crippen MR) is 115 cm³/mol. The highest BCUT2D eigenvalue weighted by Gasteiger charge is 2.41. The molecule has 1 fully saturated rings. The topological polar surface area (TPSA) is 54.9 Å². The van der Waals surface area contributed by atoms with Gasteiger partial charge in [0, 0.05) is 38.9 Å². The minimum atomic E-state index is 0. The standard InChI is InChI=1S/C18H28ClN3O2.HI/c1-20-17(22-13-18(7-8-18)9-11-23-2)21-10-6-14-4-5-15(24-3)12-16(14)19;/h4-5,12H,6-11,13H2,1-3H3,(H2,20,21,22);1H. The Morgan fingerprint density at radius 2 is 2.04 bits per heavy atom. The second-order valence-electron chi connectivity index (χ2n) is 6.30. The zero-order valence-corrected chi connectivity index (χ0v) is 18.3. The summed E-state index contributed by atoms with van der Waals surface area (Å²) in [5, 5.41) is 7.51. The van der Waals surface area contributed by atoms with Crippen LogP contribution in [0.3, 0.4) is 0 Å². The Bertz CT molecular complexity index is 565. The fourth-order valence-corrected chi connectivity index (χ4v) is 2.94. The van der Waals surface area contributed by atoms with Gasteiger partial charge in [0.1, 0.15) is 5.75 Å². The summed E-state index contributed by atoms with van der Waals surface area (Å²) in [5.41, 5.74) is 1.49. The predicted octanol–water partition coefficient (Wildman–Crippen LogP) is 3.49. The molecule has 0 atom stereocenters. The molecule has 0 aliphatic heterocycles. The number of ether oxygens (including phenoxy) is 2. The van der Waals surface area contributed by atoms with Crippen molar-refractivity contribution in [3.05, 3.63) is 28.8 Å². The van der Waals surface area contributed by atoms with E-state index in [2.05, 4.69) is 15.6 Å². The maximum Gasteiger partial charge on any atom is 0.191 e. The van der Waals surface area contributed by atoms with Crippen LogP contribution in [0.4, 0.5) is 0 Å². The van der Waals surface area contributed by atoms with Crippen LogP contribution in [0.25, 0.3) is 0 Å². The molecule has 2 N–H and O–H groups in total. The highest BCUT2D eigenvalue weighted by Crippen LogP contribution is 2.48. The van der Waals surface area contributed by atoms with Crippen LogP contribution < -0.4 is 15.4 Å². The molecule has 0 heterocycles. The molecule has 7 heteroatoms. The summed E-state index contributed by atoms with van der Waals surface area (Å²) in [6, 6.07) is 5.78. The molecule has 0 radical (unpaired) electrons. The van der Waals surface area contributed by atoms with Gasteiger partial charge in [0.15, 0.2) is 5.96 Å². The fourth-order valence-electron chi connectivity index (χ4n) is 2.68. The van der Waals surface area contributed by atoms with Gasteiger partial charge in [0.05, 0.1) is 7.11 Å². The number of benzene rings is 1. The second-order valence-corrected chi connectivity index (χ2v) is 6.71. The van der Waals surface area contributed by atoms with E-state index in [1.165, 1.54) is 12.8 Å². The smallest absolute Gasteiger partial charge is 0.191 e. The Morgan fingerprint density at radius 1 is 1.28 bits per heavy atom. The zero-order chi connectivity index (χ0) is 17.4. The van der Waals surface area contributed by atoms with Crippen molar-refractivity contribution >= 4 is 41.5 Å². The molecule has 142 valence electrons. The van der Waals surface area contributed by atoms with Gasteiger partial charge in [-0.25, -0.2) is 0 Å². The normalized spacial score (nSPS) is 15.3. The third kappa shape index (κ3) is 7.19. The lowest BCUT2D eigenvalue weighted by atomic mass is 10.0. The van der Waals surface area contributed by atoms with Crippen LogP contribution in [0.1, 0.15) is 24.8 Å². The summed E-state index contributed by atoms with van der Waals surface area (Å²) in [4.78, 5) is 4.29. The molecule has 5 nitrogen and oxygen atoms in total. The first-order chi connectivity index (χ1) is 11.6. The highest BCUT2D eigenvalue weighted by molar-refractivity contribution is 14.0. The Kier molecular flexibility index (Phi) is 9.89. The Labute approximate surface area is 172 Å². The quantitative estimate of drug-likeness (QED) is 0.322. The van der Waals surface area contributed by atoms with Crippen molar-refractivity contribution in [2.45, 2.75) is 25.7 Å². The SMILES string of the molecule is CN=C(NCCc1ccc(OC)cc1Cl)NCC1(CCOC)CC1.I. The number of guanidine groups is 1. The van der Waals surface area contributed by atoms with E-state index in [9.17, 15) is 0 Å². The van der Waals surface area contributed by atoms with Gasteiger partial charge in [-0.1, -0.05) is 17.7 Å². The summed E-state index contributed by atoms with van der Waals surface area (Å²) in [7, 11) is 5.19. The van der Waals surface area contributed by atoms with Crippen LogP contribution in [0.15, 0.2) is 23.2 Å². The monoisotopic (exact) mass is 481 g/mol. The van der Waals surface area contributed by atoms with Crippen LogP contribution in [0.2, 0.25) is 5.02 Å². The molecule has 1 aliphatic carbocycles. The van der Waals surface area contributed by atoms with Gasteiger partial charge in [-0.3, -0.25) is 4.99 Å². The van der Waals surface area contributed by atoms with E-state index in [0.717, 1.165) is 54.8 Å². The third-order valence-electron chi connectivity index (χ3n) is 4.60. The van der Waals surface area contributed by atoms with Gasteiger partial charge in [-0.2, -0.15) is 0 Å². The van der Waals surface area contributed by atoms with Crippen molar-refractivity contribution in [3.8, 4) is 5.75 Å². The number of hydrogen-bond donors (Lipinski definition) is 2. The maximum atomic E-state index is 6.27. The minimum Gasteiger partial charge on any atom is -0.497 e. The van der Waals surface area contributed by atoms with Gasteiger partial charge in [-0.05, 0) is 48.8 Å². The molecule has 0 bridgehead atoms. The molecular weight excluding hydrogens is 453 g/mol. The number of nitrogens with zero attached hydrogens (tertiary/aromatic N) is 1. The van der Waals surface area contributed by atoms with Crippen LogP contribution in [-0.4, -0.2) is 46.9 Å². The van der Waals surface area contributed by atoms with Crippen molar-refractivity contribution in [2.24, 2.45) is 10.4 Å². The number of halogens is 2. The summed E-state index contributed by atoms with van der Waals surface area (Å²) in [5.74, 6) is 1.61. The molecule has 0 saturated heterocycles. The van der Waals surface area contributed by atoms with Crippen molar-refractivity contribution < 1.29 is 9.47 Å². The molecule has 0 amide bonds. The number of hydrogen-bond acceptors (Lipinski definition) is 3. The molecule has 0 unspecified atom stereocenters. The Morgan fingerprint density at radius 3 is 2.60 bits per heavy atom. The zero-order valence-electron chi connectivity index (χ0n) is 15.2. The first kappa shape index (κ1) is 22.3. The summed E-state index contributed by atoms with van der Waals surface area (Å²) in [6.45, 7) is 2.54. The Balaban J connectivity index is 0.00000312. The van der Waals surface area contributed by atoms with Crippen LogP contribution in [0.5, 0.6) is 5.75 Å². The van der Waals surface area contributed by atoms with Gasteiger partial charge in [0.25, 0.3) is 0 Å². The summed E-state index contributed by atoms with van der Waals surface area (Å²) in [6.07, 6.45) is 4.47. The van der Waals surface area contributed by atoms with Gasteiger partial charge in [0.2, 0.25) is 0 Å². The molecule has 2 rings (SSSR count). The Hall–Kier alpha value is -0.730. The molecule has 1 aliphatic rings. The van der Waals surface area contributed by atoms with Crippen LogP contribution >= 0.6 is 35.6 Å². The van der Waals surface area contributed by atoms with E-state index in [-0.39, 0.29) is 24.0 Å². The molecule has 0 spiro atoms. The minimum absolute atomic E-state index is 0. The van der Waals surface area contributed by atoms with Crippen molar-refractivity contribution in [2.75, 3.05) is 41.0 Å². The summed E-state index contributed by atoms with van der Waals surface area (Å²) >= 11 is 6.27. The third-order valence-corrected chi connectivity index (χ3v) is 4.95. The van der Waals surface area contributed by atoms with Gasteiger partial charge < -0.3 is 20.1 Å². The van der Waals surface area contributed by atoms with E-state index < -0.39 is 0 Å². The van der Waals surface area contributed by atoms with Gasteiger partial charge in [-0.15, -0.1) is 24.0 Å².